The van der Waals surface area contributed by atoms with E-state index in [0.717, 1.165) is 0 Å². The number of H-pyrrole nitrogens is 1. The molecular formula is C15H13N5O2. The van der Waals surface area contributed by atoms with Crippen molar-refractivity contribution in [2.45, 2.75) is 19.9 Å². The van der Waals surface area contributed by atoms with Gasteiger partial charge in [-0.3, -0.25) is 4.98 Å². The third kappa shape index (κ3) is 2.20. The molecule has 0 aliphatic rings. The first-order valence-electron chi connectivity index (χ1n) is 6.72. The standard InChI is InChI=1S/C15H13N5O2/c1-7(2)18-10-4-11(15(21)22)20-14-12-9(19-13(10)14)3-8(5-16)6-17-12/h3-4,6-7,19H,1-2H3,(H,18,20)(H,21,22). The van der Waals surface area contributed by atoms with Crippen molar-refractivity contribution in [1.82, 2.24) is 15.0 Å². The van der Waals surface area contributed by atoms with Gasteiger partial charge in [0.1, 0.15) is 17.1 Å². The number of nitriles is 1. The van der Waals surface area contributed by atoms with Crippen LogP contribution in [0.25, 0.3) is 22.1 Å². The van der Waals surface area contributed by atoms with Gasteiger partial charge in [0, 0.05) is 12.2 Å². The van der Waals surface area contributed by atoms with Gasteiger partial charge in [-0.1, -0.05) is 0 Å². The highest BCUT2D eigenvalue weighted by Crippen LogP contribution is 2.29. The summed E-state index contributed by atoms with van der Waals surface area (Å²) >= 11 is 0. The van der Waals surface area contributed by atoms with Crippen LogP contribution in [-0.4, -0.2) is 32.1 Å². The smallest absolute Gasteiger partial charge is 0.354 e. The number of carboxylic acid groups (broad SMARTS) is 1. The number of pyridine rings is 2. The zero-order chi connectivity index (χ0) is 15.9. The summed E-state index contributed by atoms with van der Waals surface area (Å²) in [6.45, 7) is 3.92. The number of carboxylic acids is 1. The van der Waals surface area contributed by atoms with Crippen LogP contribution in [0.4, 0.5) is 5.69 Å². The Labute approximate surface area is 125 Å². The Morgan fingerprint density at radius 3 is 2.82 bits per heavy atom. The minimum absolute atomic E-state index is 0.0530. The Hall–Kier alpha value is -3.14. The molecule has 3 rings (SSSR count). The molecule has 3 aromatic rings. The minimum Gasteiger partial charge on any atom is -0.477 e. The molecule has 3 N–H and O–H groups in total. The topological polar surface area (TPSA) is 115 Å². The van der Waals surface area contributed by atoms with E-state index in [-0.39, 0.29) is 11.7 Å². The molecule has 0 saturated carbocycles. The Kier molecular flexibility index (Phi) is 3.14. The third-order valence-electron chi connectivity index (χ3n) is 3.18. The van der Waals surface area contributed by atoms with Crippen molar-refractivity contribution >= 4 is 33.7 Å². The lowest BCUT2D eigenvalue weighted by Crippen LogP contribution is -2.11. The molecule has 22 heavy (non-hydrogen) atoms. The molecule has 0 bridgehead atoms. The summed E-state index contributed by atoms with van der Waals surface area (Å²) in [6.07, 6.45) is 1.44. The molecule has 0 saturated heterocycles. The number of hydrogen-bond acceptors (Lipinski definition) is 5. The highest BCUT2D eigenvalue weighted by Gasteiger charge is 2.16. The first-order chi connectivity index (χ1) is 10.5. The lowest BCUT2D eigenvalue weighted by Gasteiger charge is -2.11. The van der Waals surface area contributed by atoms with Crippen molar-refractivity contribution in [3.05, 3.63) is 29.6 Å². The first kappa shape index (κ1) is 13.8. The second kappa shape index (κ2) is 5.00. The third-order valence-corrected chi connectivity index (χ3v) is 3.18. The molecule has 0 fully saturated rings. The fourth-order valence-corrected chi connectivity index (χ4v) is 2.32. The van der Waals surface area contributed by atoms with Gasteiger partial charge >= 0.3 is 5.97 Å². The lowest BCUT2D eigenvalue weighted by atomic mass is 10.2. The number of aromatic amines is 1. The SMILES string of the molecule is CC(C)Nc1cc(C(=O)O)nc2c1[nH]c1cc(C#N)cnc12. The molecule has 0 radical (unpaired) electrons. The van der Waals surface area contributed by atoms with E-state index in [1.165, 1.54) is 12.3 Å². The van der Waals surface area contributed by atoms with Gasteiger partial charge < -0.3 is 15.4 Å². The van der Waals surface area contributed by atoms with E-state index in [0.29, 0.717) is 33.3 Å². The molecule has 0 aromatic carbocycles. The summed E-state index contributed by atoms with van der Waals surface area (Å²) in [5, 5.41) is 21.4. The van der Waals surface area contributed by atoms with Crippen LogP contribution in [-0.2, 0) is 0 Å². The van der Waals surface area contributed by atoms with Crippen molar-refractivity contribution in [3.63, 3.8) is 0 Å². The Morgan fingerprint density at radius 2 is 2.18 bits per heavy atom. The predicted molar refractivity (Wildman–Crippen MR) is 81.8 cm³/mol. The number of nitrogens with one attached hydrogen (secondary N) is 2. The van der Waals surface area contributed by atoms with Gasteiger partial charge in [0.05, 0.1) is 22.3 Å². The molecule has 0 aliphatic carbocycles. The van der Waals surface area contributed by atoms with Crippen molar-refractivity contribution < 1.29 is 9.90 Å². The summed E-state index contributed by atoms with van der Waals surface area (Å²) in [4.78, 5) is 22.8. The molecule has 0 aliphatic heterocycles. The van der Waals surface area contributed by atoms with Crippen molar-refractivity contribution in [2.24, 2.45) is 0 Å². The molecule has 0 amide bonds. The van der Waals surface area contributed by atoms with Gasteiger partial charge in [0.25, 0.3) is 0 Å². The molecule has 3 aromatic heterocycles. The fraction of sp³-hybridized carbons (Fsp3) is 0.200. The van der Waals surface area contributed by atoms with Crippen LogP contribution < -0.4 is 5.32 Å². The van der Waals surface area contributed by atoms with E-state index in [1.54, 1.807) is 6.07 Å². The van der Waals surface area contributed by atoms with Crippen LogP contribution in [0.15, 0.2) is 18.3 Å². The number of carbonyl (C=O) groups is 1. The number of rotatable bonds is 3. The predicted octanol–water partition coefficient (Wildman–Crippen LogP) is 2.50. The maximum atomic E-state index is 11.3. The van der Waals surface area contributed by atoms with Gasteiger partial charge in [0.15, 0.2) is 5.69 Å². The van der Waals surface area contributed by atoms with E-state index in [4.69, 9.17) is 5.26 Å². The maximum Gasteiger partial charge on any atom is 0.354 e. The number of nitrogens with zero attached hydrogens (tertiary/aromatic N) is 3. The Bertz CT molecular complexity index is 936. The van der Waals surface area contributed by atoms with Crippen molar-refractivity contribution in [1.29, 1.82) is 5.26 Å². The van der Waals surface area contributed by atoms with Crippen LogP contribution >= 0.6 is 0 Å². The number of hydrogen-bond donors (Lipinski definition) is 3. The fourth-order valence-electron chi connectivity index (χ4n) is 2.32. The van der Waals surface area contributed by atoms with Crippen molar-refractivity contribution in [3.8, 4) is 6.07 Å². The van der Waals surface area contributed by atoms with E-state index in [9.17, 15) is 9.90 Å². The number of aromatic nitrogens is 3. The van der Waals surface area contributed by atoms with E-state index in [2.05, 4.69) is 20.3 Å². The van der Waals surface area contributed by atoms with Crippen LogP contribution in [0, 0.1) is 11.3 Å². The average Bonchev–Trinajstić information content (AvgIpc) is 2.84. The summed E-state index contributed by atoms with van der Waals surface area (Å²) in [5.41, 5.74) is 3.37. The average molecular weight is 295 g/mol. The molecule has 7 nitrogen and oxygen atoms in total. The molecule has 7 heteroatoms. The van der Waals surface area contributed by atoms with Gasteiger partial charge in [-0.05, 0) is 26.0 Å². The zero-order valence-corrected chi connectivity index (χ0v) is 12.0. The second-order valence-electron chi connectivity index (χ2n) is 5.24. The van der Waals surface area contributed by atoms with Crippen LogP contribution in [0.3, 0.4) is 0 Å². The molecular weight excluding hydrogens is 282 g/mol. The summed E-state index contributed by atoms with van der Waals surface area (Å²) in [7, 11) is 0. The van der Waals surface area contributed by atoms with E-state index >= 15 is 0 Å². The van der Waals surface area contributed by atoms with Crippen LogP contribution in [0.1, 0.15) is 29.9 Å². The Morgan fingerprint density at radius 1 is 1.41 bits per heavy atom. The van der Waals surface area contributed by atoms with Gasteiger partial charge in [-0.25, -0.2) is 9.78 Å². The zero-order valence-electron chi connectivity index (χ0n) is 12.0. The number of aromatic carboxylic acids is 1. The summed E-state index contributed by atoms with van der Waals surface area (Å²) < 4.78 is 0. The van der Waals surface area contributed by atoms with Crippen LogP contribution in [0.5, 0.6) is 0 Å². The number of fused-ring (bicyclic) bond motifs is 3. The van der Waals surface area contributed by atoms with Gasteiger partial charge in [0.2, 0.25) is 0 Å². The molecule has 0 spiro atoms. The number of anilines is 1. The quantitative estimate of drug-likeness (QED) is 0.684. The summed E-state index contributed by atoms with van der Waals surface area (Å²) in [6, 6.07) is 5.31. The molecule has 0 atom stereocenters. The minimum atomic E-state index is -1.10. The van der Waals surface area contributed by atoms with Crippen LogP contribution in [0.2, 0.25) is 0 Å². The highest BCUT2D eigenvalue weighted by molar-refractivity contribution is 6.08. The lowest BCUT2D eigenvalue weighted by molar-refractivity contribution is 0.0691. The van der Waals surface area contributed by atoms with E-state index in [1.807, 2.05) is 19.9 Å². The van der Waals surface area contributed by atoms with Gasteiger partial charge in [-0.2, -0.15) is 5.26 Å². The summed E-state index contributed by atoms with van der Waals surface area (Å²) in [5.74, 6) is -1.10. The second-order valence-corrected chi connectivity index (χ2v) is 5.24. The molecule has 110 valence electrons. The first-order valence-corrected chi connectivity index (χ1v) is 6.72. The van der Waals surface area contributed by atoms with E-state index < -0.39 is 5.97 Å². The normalized spacial score (nSPS) is 11.0. The largest absolute Gasteiger partial charge is 0.477 e. The van der Waals surface area contributed by atoms with Crippen molar-refractivity contribution in [2.75, 3.05) is 5.32 Å². The highest BCUT2D eigenvalue weighted by atomic mass is 16.4. The molecule has 0 unspecified atom stereocenters. The monoisotopic (exact) mass is 295 g/mol. The molecule has 3 heterocycles. The Balaban J connectivity index is 2.37. The maximum absolute atomic E-state index is 11.3. The van der Waals surface area contributed by atoms with Gasteiger partial charge in [-0.15, -0.1) is 0 Å².